The predicted molar refractivity (Wildman–Crippen MR) is 95.2 cm³/mol. The number of carbonyl (C=O) groups is 1. The molecule has 1 aliphatic rings. The second kappa shape index (κ2) is 6.48. The minimum atomic E-state index is -0.208. The third-order valence-corrected chi connectivity index (χ3v) is 4.46. The van der Waals surface area contributed by atoms with Crippen molar-refractivity contribution in [2.24, 2.45) is 0 Å². The Hall–Kier alpha value is -2.24. The lowest BCUT2D eigenvalue weighted by atomic mass is 10.2. The minimum Gasteiger partial charge on any atom is -0.497 e. The zero-order chi connectivity index (χ0) is 16.4. The fourth-order valence-electron chi connectivity index (χ4n) is 2.16. The van der Waals surface area contributed by atoms with Gasteiger partial charge in [0.15, 0.2) is 5.17 Å². The van der Waals surface area contributed by atoms with Crippen LogP contribution in [0.2, 0.25) is 5.02 Å². The summed E-state index contributed by atoms with van der Waals surface area (Å²) in [7, 11) is 1.58. The zero-order valence-electron chi connectivity index (χ0n) is 12.2. The highest BCUT2D eigenvalue weighted by Crippen LogP contribution is 2.35. The molecule has 3 rings (SSSR count). The quantitative estimate of drug-likeness (QED) is 0.839. The summed E-state index contributed by atoms with van der Waals surface area (Å²) in [6, 6.07) is 14.3. The van der Waals surface area contributed by atoms with E-state index in [9.17, 15) is 4.79 Å². The van der Waals surface area contributed by atoms with Crippen LogP contribution >= 0.6 is 23.4 Å². The van der Waals surface area contributed by atoms with Crippen LogP contribution in [0.25, 0.3) is 6.08 Å². The fourth-order valence-corrected chi connectivity index (χ4v) is 3.15. The van der Waals surface area contributed by atoms with E-state index in [4.69, 9.17) is 21.7 Å². The van der Waals surface area contributed by atoms with E-state index in [1.165, 1.54) is 4.90 Å². The van der Waals surface area contributed by atoms with Gasteiger partial charge in [-0.05, 0) is 59.8 Å². The lowest BCUT2D eigenvalue weighted by molar-refractivity contribution is -0.113. The normalized spacial score (nSPS) is 16.3. The minimum absolute atomic E-state index is 0.181. The summed E-state index contributed by atoms with van der Waals surface area (Å²) in [5.74, 6) is 0.497. The van der Waals surface area contributed by atoms with Crippen molar-refractivity contribution < 1.29 is 9.53 Å². The number of amidine groups is 1. The van der Waals surface area contributed by atoms with E-state index in [2.05, 4.69) is 0 Å². The zero-order valence-corrected chi connectivity index (χ0v) is 13.8. The Balaban J connectivity index is 1.88. The molecular weight excluding hydrogens is 332 g/mol. The van der Waals surface area contributed by atoms with Gasteiger partial charge in [-0.1, -0.05) is 23.7 Å². The molecule has 6 heteroatoms. The van der Waals surface area contributed by atoms with Gasteiger partial charge in [0.2, 0.25) is 0 Å². The Morgan fingerprint density at radius 3 is 2.39 bits per heavy atom. The first kappa shape index (κ1) is 15.6. The van der Waals surface area contributed by atoms with E-state index >= 15 is 0 Å². The van der Waals surface area contributed by atoms with Crippen LogP contribution in [-0.4, -0.2) is 18.2 Å². The lowest BCUT2D eigenvalue weighted by Crippen LogP contribution is -2.27. The molecule has 0 radical (unpaired) electrons. The maximum absolute atomic E-state index is 12.6. The Bertz CT molecular complexity index is 785. The van der Waals surface area contributed by atoms with Gasteiger partial charge >= 0.3 is 0 Å². The summed E-state index contributed by atoms with van der Waals surface area (Å²) in [5.41, 5.74) is 1.52. The standard InChI is InChI=1S/C17H13ClN2O2S/c1-22-14-8-6-13(7-9-14)20-16(21)15(23-17(20)19)10-11-2-4-12(18)5-3-11/h2-10,19H,1H3/b15-10-,19-17?. The smallest absolute Gasteiger partial charge is 0.271 e. The van der Waals surface area contributed by atoms with Crippen molar-refractivity contribution in [2.45, 2.75) is 0 Å². The van der Waals surface area contributed by atoms with Crippen molar-refractivity contribution in [3.05, 3.63) is 64.0 Å². The number of thioether (sulfide) groups is 1. The molecule has 0 spiro atoms. The molecule has 2 aromatic rings. The molecular formula is C17H13ClN2O2S. The van der Waals surface area contributed by atoms with E-state index in [1.807, 2.05) is 12.1 Å². The van der Waals surface area contributed by atoms with Gasteiger partial charge in [-0.2, -0.15) is 0 Å². The van der Waals surface area contributed by atoms with Crippen molar-refractivity contribution in [3.8, 4) is 5.75 Å². The van der Waals surface area contributed by atoms with E-state index in [0.717, 1.165) is 17.3 Å². The van der Waals surface area contributed by atoms with Crippen LogP contribution in [0.15, 0.2) is 53.4 Å². The van der Waals surface area contributed by atoms with Crippen LogP contribution in [0.1, 0.15) is 5.56 Å². The Morgan fingerprint density at radius 1 is 1.13 bits per heavy atom. The molecule has 4 nitrogen and oxygen atoms in total. The van der Waals surface area contributed by atoms with Gasteiger partial charge in [0.05, 0.1) is 17.7 Å². The largest absolute Gasteiger partial charge is 0.497 e. The second-order valence-corrected chi connectivity index (χ2v) is 6.27. The van der Waals surface area contributed by atoms with Crippen LogP contribution in [-0.2, 0) is 4.79 Å². The van der Waals surface area contributed by atoms with Gasteiger partial charge in [0.25, 0.3) is 5.91 Å². The molecule has 0 bridgehead atoms. The van der Waals surface area contributed by atoms with Crippen LogP contribution in [0.4, 0.5) is 5.69 Å². The van der Waals surface area contributed by atoms with E-state index in [1.54, 1.807) is 49.6 Å². The molecule has 1 fully saturated rings. The Labute approximate surface area is 143 Å². The monoisotopic (exact) mass is 344 g/mol. The number of ether oxygens (including phenoxy) is 1. The number of nitrogens with one attached hydrogen (secondary N) is 1. The van der Waals surface area contributed by atoms with Crippen molar-refractivity contribution in [1.29, 1.82) is 5.41 Å². The molecule has 1 N–H and O–H groups in total. The number of carbonyl (C=O) groups excluding carboxylic acids is 1. The van der Waals surface area contributed by atoms with Crippen LogP contribution < -0.4 is 9.64 Å². The third kappa shape index (κ3) is 3.25. The van der Waals surface area contributed by atoms with Gasteiger partial charge in [0, 0.05) is 5.02 Å². The molecule has 23 heavy (non-hydrogen) atoms. The molecule has 0 aromatic heterocycles. The number of rotatable bonds is 3. The summed E-state index contributed by atoms with van der Waals surface area (Å²) in [4.78, 5) is 14.5. The lowest BCUT2D eigenvalue weighted by Gasteiger charge is -2.14. The summed E-state index contributed by atoms with van der Waals surface area (Å²) in [6.45, 7) is 0. The summed E-state index contributed by atoms with van der Waals surface area (Å²) in [6.07, 6.45) is 1.77. The first-order chi connectivity index (χ1) is 11.1. The van der Waals surface area contributed by atoms with E-state index < -0.39 is 0 Å². The average molecular weight is 345 g/mol. The van der Waals surface area contributed by atoms with Crippen LogP contribution in [0.5, 0.6) is 5.75 Å². The highest BCUT2D eigenvalue weighted by atomic mass is 35.5. The van der Waals surface area contributed by atoms with Crippen molar-refractivity contribution in [1.82, 2.24) is 0 Å². The Kier molecular flexibility index (Phi) is 4.41. The highest BCUT2D eigenvalue weighted by molar-refractivity contribution is 8.19. The third-order valence-electron chi connectivity index (χ3n) is 3.32. The first-order valence-corrected chi connectivity index (χ1v) is 8.00. The number of hydrogen-bond donors (Lipinski definition) is 1. The number of benzene rings is 2. The second-order valence-electron chi connectivity index (χ2n) is 4.81. The molecule has 1 amide bonds. The molecule has 1 saturated heterocycles. The fraction of sp³-hybridized carbons (Fsp3) is 0.0588. The molecule has 0 unspecified atom stereocenters. The van der Waals surface area contributed by atoms with Crippen molar-refractivity contribution in [2.75, 3.05) is 12.0 Å². The van der Waals surface area contributed by atoms with E-state index in [-0.39, 0.29) is 11.1 Å². The van der Waals surface area contributed by atoms with E-state index in [0.29, 0.717) is 21.4 Å². The number of methoxy groups -OCH3 is 1. The van der Waals surface area contributed by atoms with Crippen molar-refractivity contribution in [3.63, 3.8) is 0 Å². The number of amides is 1. The molecule has 0 atom stereocenters. The highest BCUT2D eigenvalue weighted by Gasteiger charge is 2.33. The summed E-state index contributed by atoms with van der Waals surface area (Å²) >= 11 is 7.00. The predicted octanol–water partition coefficient (Wildman–Crippen LogP) is 4.40. The molecule has 2 aromatic carbocycles. The average Bonchev–Trinajstić information content (AvgIpc) is 2.84. The van der Waals surface area contributed by atoms with Gasteiger partial charge in [-0.25, -0.2) is 0 Å². The molecule has 0 saturated carbocycles. The van der Waals surface area contributed by atoms with Gasteiger partial charge in [0.1, 0.15) is 5.75 Å². The topological polar surface area (TPSA) is 53.4 Å². The number of halogens is 1. The maximum atomic E-state index is 12.6. The van der Waals surface area contributed by atoms with Crippen LogP contribution in [0.3, 0.4) is 0 Å². The van der Waals surface area contributed by atoms with Gasteiger partial charge in [-0.15, -0.1) is 0 Å². The summed E-state index contributed by atoms with van der Waals surface area (Å²) < 4.78 is 5.11. The molecule has 1 aliphatic heterocycles. The molecule has 116 valence electrons. The molecule has 0 aliphatic carbocycles. The number of anilines is 1. The SMILES string of the molecule is COc1ccc(N2C(=N)S/C(=C\c3ccc(Cl)cc3)C2=O)cc1. The number of nitrogens with zero attached hydrogens (tertiary/aromatic N) is 1. The van der Waals surface area contributed by atoms with Gasteiger partial charge < -0.3 is 4.74 Å². The molecule has 1 heterocycles. The first-order valence-electron chi connectivity index (χ1n) is 6.80. The van der Waals surface area contributed by atoms with Crippen LogP contribution in [0, 0.1) is 5.41 Å². The van der Waals surface area contributed by atoms with Gasteiger partial charge in [-0.3, -0.25) is 15.1 Å². The maximum Gasteiger partial charge on any atom is 0.271 e. The number of hydrogen-bond acceptors (Lipinski definition) is 4. The van der Waals surface area contributed by atoms with Crippen molar-refractivity contribution >= 4 is 46.2 Å². The Morgan fingerprint density at radius 2 is 1.78 bits per heavy atom. The summed E-state index contributed by atoms with van der Waals surface area (Å²) in [5, 5.41) is 8.90.